The van der Waals surface area contributed by atoms with Crippen molar-refractivity contribution in [2.24, 2.45) is 0 Å². The number of benzene rings is 1. The maximum Gasteiger partial charge on any atom is 0.418 e. The number of halogens is 3. The number of alkyl halides is 3. The van der Waals surface area contributed by atoms with Gasteiger partial charge in [-0.25, -0.2) is 4.79 Å². The van der Waals surface area contributed by atoms with Gasteiger partial charge in [-0.3, -0.25) is 5.32 Å². The second-order valence-electron chi connectivity index (χ2n) is 4.91. The maximum atomic E-state index is 12.8. The predicted octanol–water partition coefficient (Wildman–Crippen LogP) is 3.40. The van der Waals surface area contributed by atoms with Crippen LogP contribution >= 0.6 is 0 Å². The second-order valence-corrected chi connectivity index (χ2v) is 4.91. The van der Waals surface area contributed by atoms with Gasteiger partial charge in [-0.2, -0.15) is 13.2 Å². The van der Waals surface area contributed by atoms with E-state index in [1.54, 1.807) is 0 Å². The quantitative estimate of drug-likeness (QED) is 0.900. The largest absolute Gasteiger partial charge is 0.448 e. The van der Waals surface area contributed by atoms with Crippen molar-refractivity contribution in [3.8, 4) is 0 Å². The monoisotopic (exact) mass is 302 g/mol. The molecule has 2 rings (SSSR count). The van der Waals surface area contributed by atoms with E-state index in [1.165, 1.54) is 18.2 Å². The number of anilines is 1. The second kappa shape index (κ2) is 6.80. The maximum absolute atomic E-state index is 12.8. The standard InChI is InChI=1S/C14H17F3N2O2/c15-14(16,17)11-6-1-2-7-12(11)19-13(20)21-9-10-5-3-4-8-18-10/h1-2,6-7,10,18H,3-5,8-9H2,(H,19,20). The molecule has 0 aliphatic carbocycles. The lowest BCUT2D eigenvalue weighted by Crippen LogP contribution is -2.38. The van der Waals surface area contributed by atoms with Gasteiger partial charge >= 0.3 is 12.3 Å². The smallest absolute Gasteiger partial charge is 0.418 e. The Bertz CT molecular complexity index is 485. The van der Waals surface area contributed by atoms with Crippen molar-refractivity contribution in [3.63, 3.8) is 0 Å². The van der Waals surface area contributed by atoms with Crippen LogP contribution in [-0.2, 0) is 10.9 Å². The number of carbonyl (C=O) groups is 1. The SMILES string of the molecule is O=C(Nc1ccccc1C(F)(F)F)OCC1CCCCN1. The molecule has 7 heteroatoms. The Kier molecular flexibility index (Phi) is 5.06. The summed E-state index contributed by atoms with van der Waals surface area (Å²) in [6.07, 6.45) is -2.36. The minimum Gasteiger partial charge on any atom is -0.448 e. The predicted molar refractivity (Wildman–Crippen MR) is 72.1 cm³/mol. The van der Waals surface area contributed by atoms with Crippen LogP contribution in [0.2, 0.25) is 0 Å². The molecule has 1 amide bonds. The van der Waals surface area contributed by atoms with E-state index in [2.05, 4.69) is 10.6 Å². The Labute approximate surface area is 120 Å². The summed E-state index contributed by atoms with van der Waals surface area (Å²) < 4.78 is 43.3. The van der Waals surface area contributed by atoms with E-state index in [9.17, 15) is 18.0 Å². The Hall–Kier alpha value is -1.76. The fourth-order valence-corrected chi connectivity index (χ4v) is 2.23. The van der Waals surface area contributed by atoms with Crippen molar-refractivity contribution in [1.82, 2.24) is 5.32 Å². The van der Waals surface area contributed by atoms with Crippen molar-refractivity contribution < 1.29 is 22.7 Å². The van der Waals surface area contributed by atoms with Gasteiger partial charge in [0.15, 0.2) is 0 Å². The molecule has 21 heavy (non-hydrogen) atoms. The summed E-state index contributed by atoms with van der Waals surface area (Å²) in [5.74, 6) is 0. The number of para-hydroxylation sites is 1. The molecule has 0 aromatic heterocycles. The van der Waals surface area contributed by atoms with Crippen LogP contribution in [0.5, 0.6) is 0 Å². The summed E-state index contributed by atoms with van der Waals surface area (Å²) in [5.41, 5.74) is -1.19. The lowest BCUT2D eigenvalue weighted by Gasteiger charge is -2.23. The molecule has 0 radical (unpaired) electrons. The molecule has 0 saturated carbocycles. The normalized spacial score (nSPS) is 19.1. The molecule has 0 bridgehead atoms. The third kappa shape index (κ3) is 4.63. The van der Waals surface area contributed by atoms with Gasteiger partial charge in [-0.05, 0) is 31.5 Å². The van der Waals surface area contributed by atoms with Crippen LogP contribution in [0, 0.1) is 0 Å². The van der Waals surface area contributed by atoms with E-state index < -0.39 is 17.8 Å². The molecule has 4 nitrogen and oxygen atoms in total. The van der Waals surface area contributed by atoms with Gasteiger partial charge in [-0.15, -0.1) is 0 Å². The molecule has 1 aromatic carbocycles. The molecule has 2 N–H and O–H groups in total. The van der Waals surface area contributed by atoms with Crippen LogP contribution in [0.4, 0.5) is 23.7 Å². The number of hydrogen-bond acceptors (Lipinski definition) is 3. The van der Waals surface area contributed by atoms with Crippen LogP contribution in [0.3, 0.4) is 0 Å². The summed E-state index contributed by atoms with van der Waals surface area (Å²) in [4.78, 5) is 11.6. The summed E-state index contributed by atoms with van der Waals surface area (Å²) >= 11 is 0. The summed E-state index contributed by atoms with van der Waals surface area (Å²) in [5, 5.41) is 5.34. The highest BCUT2D eigenvalue weighted by Crippen LogP contribution is 2.34. The van der Waals surface area contributed by atoms with Gasteiger partial charge in [0.1, 0.15) is 6.61 Å². The number of piperidine rings is 1. The van der Waals surface area contributed by atoms with Crippen LogP contribution in [0.1, 0.15) is 24.8 Å². The van der Waals surface area contributed by atoms with Gasteiger partial charge in [0.05, 0.1) is 11.3 Å². The number of ether oxygens (including phenoxy) is 1. The van der Waals surface area contributed by atoms with Crippen LogP contribution in [0.25, 0.3) is 0 Å². The van der Waals surface area contributed by atoms with Crippen molar-refractivity contribution in [2.75, 3.05) is 18.5 Å². The topological polar surface area (TPSA) is 50.4 Å². The Morgan fingerprint density at radius 1 is 1.33 bits per heavy atom. The number of nitrogens with one attached hydrogen (secondary N) is 2. The lowest BCUT2D eigenvalue weighted by molar-refractivity contribution is -0.136. The average molecular weight is 302 g/mol. The van der Waals surface area contributed by atoms with E-state index in [4.69, 9.17) is 4.74 Å². The first kappa shape index (κ1) is 15.6. The van der Waals surface area contributed by atoms with Gasteiger partial charge in [0.2, 0.25) is 0 Å². The first-order valence-electron chi connectivity index (χ1n) is 6.80. The van der Waals surface area contributed by atoms with Crippen molar-refractivity contribution in [3.05, 3.63) is 29.8 Å². The molecule has 1 aromatic rings. The van der Waals surface area contributed by atoms with E-state index in [0.29, 0.717) is 0 Å². The highest BCUT2D eigenvalue weighted by molar-refractivity contribution is 5.85. The molecule has 1 saturated heterocycles. The zero-order valence-corrected chi connectivity index (χ0v) is 11.4. The van der Waals surface area contributed by atoms with E-state index in [-0.39, 0.29) is 18.3 Å². The molecule has 1 aliphatic heterocycles. The number of hydrogen-bond donors (Lipinski definition) is 2. The first-order chi connectivity index (χ1) is 9.97. The van der Waals surface area contributed by atoms with Gasteiger partial charge in [-0.1, -0.05) is 18.6 Å². The van der Waals surface area contributed by atoms with E-state index in [1.807, 2.05) is 0 Å². The van der Waals surface area contributed by atoms with Gasteiger partial charge in [0, 0.05) is 6.04 Å². The van der Waals surface area contributed by atoms with Gasteiger partial charge < -0.3 is 10.1 Å². The molecule has 1 heterocycles. The third-order valence-electron chi connectivity index (χ3n) is 3.30. The summed E-state index contributed by atoms with van der Waals surface area (Å²) in [7, 11) is 0. The molecule has 1 unspecified atom stereocenters. The zero-order chi connectivity index (χ0) is 15.3. The third-order valence-corrected chi connectivity index (χ3v) is 3.30. The Morgan fingerprint density at radius 3 is 2.76 bits per heavy atom. The molecule has 0 spiro atoms. The lowest BCUT2D eigenvalue weighted by atomic mass is 10.1. The minimum absolute atomic E-state index is 0.0716. The van der Waals surface area contributed by atoms with Gasteiger partial charge in [0.25, 0.3) is 0 Å². The van der Waals surface area contributed by atoms with Crippen LogP contribution in [-0.4, -0.2) is 25.3 Å². The molecular formula is C14H17F3N2O2. The van der Waals surface area contributed by atoms with E-state index >= 15 is 0 Å². The Balaban J connectivity index is 1.90. The Morgan fingerprint density at radius 2 is 2.10 bits per heavy atom. The summed E-state index contributed by atoms with van der Waals surface area (Å²) in [6, 6.07) is 4.88. The minimum atomic E-state index is -4.52. The van der Waals surface area contributed by atoms with Crippen molar-refractivity contribution >= 4 is 11.8 Å². The molecular weight excluding hydrogens is 285 g/mol. The fraction of sp³-hybridized carbons (Fsp3) is 0.500. The highest BCUT2D eigenvalue weighted by Gasteiger charge is 2.33. The molecule has 1 atom stereocenters. The number of rotatable bonds is 3. The van der Waals surface area contributed by atoms with Crippen LogP contribution in [0.15, 0.2) is 24.3 Å². The van der Waals surface area contributed by atoms with E-state index in [0.717, 1.165) is 31.9 Å². The van der Waals surface area contributed by atoms with Crippen molar-refractivity contribution in [1.29, 1.82) is 0 Å². The molecule has 1 fully saturated rings. The zero-order valence-electron chi connectivity index (χ0n) is 11.4. The van der Waals surface area contributed by atoms with Crippen LogP contribution < -0.4 is 10.6 Å². The summed E-state index contributed by atoms with van der Waals surface area (Å²) in [6.45, 7) is 1.02. The number of amides is 1. The highest BCUT2D eigenvalue weighted by atomic mass is 19.4. The average Bonchev–Trinajstić information content (AvgIpc) is 2.46. The molecule has 1 aliphatic rings. The molecule has 116 valence electrons. The number of carbonyl (C=O) groups excluding carboxylic acids is 1. The van der Waals surface area contributed by atoms with Crippen molar-refractivity contribution in [2.45, 2.75) is 31.5 Å². The first-order valence-corrected chi connectivity index (χ1v) is 6.80. The fourth-order valence-electron chi connectivity index (χ4n) is 2.23.